The molecule has 0 aliphatic carbocycles. The number of anilines is 1. The molecule has 14 heavy (non-hydrogen) atoms. The maximum atomic E-state index is 11.4. The number of nitrogens with one attached hydrogen (secondary N) is 2. The highest BCUT2D eigenvalue weighted by atomic mass is 79.9. The summed E-state index contributed by atoms with van der Waals surface area (Å²) in [4.78, 5) is 11.4. The van der Waals surface area contributed by atoms with Crippen LogP contribution < -0.4 is 5.32 Å². The molecule has 0 aliphatic heterocycles. The minimum Gasteiger partial charge on any atom is -0.311 e. The number of aromatic nitrogens is 2. The predicted molar refractivity (Wildman–Crippen MR) is 59.6 cm³/mol. The molecule has 0 bridgehead atoms. The number of rotatable bonds is 5. The molecule has 0 aromatic carbocycles. The molecule has 0 fully saturated rings. The minimum atomic E-state index is 0.0401. The molecule has 0 atom stereocenters. The second kappa shape index (κ2) is 5.80. The molecular formula is C9H14BrN3O. The van der Waals surface area contributed by atoms with Crippen LogP contribution in [0.25, 0.3) is 0 Å². The van der Waals surface area contributed by atoms with Crippen LogP contribution in [0, 0.1) is 6.92 Å². The van der Waals surface area contributed by atoms with Gasteiger partial charge >= 0.3 is 0 Å². The Labute approximate surface area is 91.6 Å². The van der Waals surface area contributed by atoms with Gasteiger partial charge in [0, 0.05) is 17.3 Å². The average molecular weight is 260 g/mol. The summed E-state index contributed by atoms with van der Waals surface area (Å²) in [5, 5.41) is 10.3. The Bertz CT molecular complexity index is 298. The first-order valence-corrected chi connectivity index (χ1v) is 5.72. The Kier molecular flexibility index (Phi) is 4.65. The smallest absolute Gasteiger partial charge is 0.225 e. The van der Waals surface area contributed by atoms with E-state index in [1.807, 2.05) is 6.92 Å². The number of aryl methyl sites for hydroxylation is 1. The zero-order valence-corrected chi connectivity index (χ0v) is 9.73. The molecule has 1 aromatic rings. The zero-order valence-electron chi connectivity index (χ0n) is 8.14. The SMILES string of the molecule is Cc1cn[nH]c1NC(=O)CCCCBr. The summed E-state index contributed by atoms with van der Waals surface area (Å²) in [6.45, 7) is 1.90. The molecule has 0 saturated heterocycles. The van der Waals surface area contributed by atoms with E-state index in [9.17, 15) is 4.79 Å². The third-order valence-electron chi connectivity index (χ3n) is 1.88. The molecule has 5 heteroatoms. The summed E-state index contributed by atoms with van der Waals surface area (Å²) in [6, 6.07) is 0. The Balaban J connectivity index is 2.31. The molecule has 0 aliphatic rings. The Hall–Kier alpha value is -0.840. The van der Waals surface area contributed by atoms with Crippen LogP contribution >= 0.6 is 15.9 Å². The average Bonchev–Trinajstić information content (AvgIpc) is 2.52. The van der Waals surface area contributed by atoms with Crippen LogP contribution in [0.15, 0.2) is 6.20 Å². The molecule has 2 N–H and O–H groups in total. The number of carbonyl (C=O) groups excluding carboxylic acids is 1. The van der Waals surface area contributed by atoms with Gasteiger partial charge in [-0.3, -0.25) is 9.89 Å². The van der Waals surface area contributed by atoms with E-state index in [-0.39, 0.29) is 5.91 Å². The number of nitrogens with zero attached hydrogens (tertiary/aromatic N) is 1. The number of H-pyrrole nitrogens is 1. The molecule has 0 radical (unpaired) electrons. The van der Waals surface area contributed by atoms with Gasteiger partial charge in [-0.05, 0) is 19.8 Å². The highest BCUT2D eigenvalue weighted by Gasteiger charge is 2.05. The van der Waals surface area contributed by atoms with Crippen LogP contribution in [0.4, 0.5) is 5.82 Å². The van der Waals surface area contributed by atoms with Crippen molar-refractivity contribution in [2.24, 2.45) is 0 Å². The lowest BCUT2D eigenvalue weighted by atomic mass is 10.2. The van der Waals surface area contributed by atoms with E-state index in [1.54, 1.807) is 6.20 Å². The number of halogens is 1. The first kappa shape index (κ1) is 11.2. The van der Waals surface area contributed by atoms with Gasteiger partial charge in [0.2, 0.25) is 5.91 Å². The summed E-state index contributed by atoms with van der Waals surface area (Å²) in [5.41, 5.74) is 0.957. The largest absolute Gasteiger partial charge is 0.311 e. The Morgan fingerprint density at radius 1 is 1.64 bits per heavy atom. The number of aromatic amines is 1. The summed E-state index contributed by atoms with van der Waals surface area (Å²) in [6.07, 6.45) is 4.18. The van der Waals surface area contributed by atoms with E-state index in [0.29, 0.717) is 12.2 Å². The van der Waals surface area contributed by atoms with Crippen molar-refractivity contribution in [1.29, 1.82) is 0 Å². The molecule has 0 spiro atoms. The number of hydrogen-bond acceptors (Lipinski definition) is 2. The van der Waals surface area contributed by atoms with Gasteiger partial charge < -0.3 is 5.32 Å². The van der Waals surface area contributed by atoms with Crippen LogP contribution in [0.5, 0.6) is 0 Å². The van der Waals surface area contributed by atoms with Crippen LogP contribution in [0.1, 0.15) is 24.8 Å². The van der Waals surface area contributed by atoms with E-state index in [4.69, 9.17) is 0 Å². The second-order valence-electron chi connectivity index (χ2n) is 3.12. The van der Waals surface area contributed by atoms with Crippen molar-refractivity contribution in [3.63, 3.8) is 0 Å². The van der Waals surface area contributed by atoms with E-state index >= 15 is 0 Å². The van der Waals surface area contributed by atoms with Crippen LogP contribution in [0.3, 0.4) is 0 Å². The summed E-state index contributed by atoms with van der Waals surface area (Å²) in [5.74, 6) is 0.743. The topological polar surface area (TPSA) is 57.8 Å². The number of carbonyl (C=O) groups is 1. The van der Waals surface area contributed by atoms with Gasteiger partial charge in [0.25, 0.3) is 0 Å². The fourth-order valence-electron chi connectivity index (χ4n) is 1.05. The summed E-state index contributed by atoms with van der Waals surface area (Å²) >= 11 is 3.32. The lowest BCUT2D eigenvalue weighted by molar-refractivity contribution is -0.116. The summed E-state index contributed by atoms with van der Waals surface area (Å²) in [7, 11) is 0. The number of hydrogen-bond donors (Lipinski definition) is 2. The molecular weight excluding hydrogens is 246 g/mol. The van der Waals surface area contributed by atoms with E-state index in [1.165, 1.54) is 0 Å². The molecule has 0 unspecified atom stereocenters. The fourth-order valence-corrected chi connectivity index (χ4v) is 1.45. The van der Waals surface area contributed by atoms with Crippen molar-refractivity contribution >= 4 is 27.7 Å². The fraction of sp³-hybridized carbons (Fsp3) is 0.556. The van der Waals surface area contributed by atoms with Gasteiger partial charge in [0.15, 0.2) is 0 Å². The highest BCUT2D eigenvalue weighted by molar-refractivity contribution is 9.09. The Morgan fingerprint density at radius 3 is 3.00 bits per heavy atom. The van der Waals surface area contributed by atoms with Crippen molar-refractivity contribution < 1.29 is 4.79 Å². The molecule has 1 heterocycles. The van der Waals surface area contributed by atoms with E-state index in [2.05, 4.69) is 31.4 Å². The van der Waals surface area contributed by atoms with Gasteiger partial charge in [-0.2, -0.15) is 5.10 Å². The standard InChI is InChI=1S/C9H14BrN3O/c1-7-6-11-13-9(7)12-8(14)4-2-3-5-10/h6H,2-5H2,1H3,(H2,11,12,13,14). The molecule has 4 nitrogen and oxygen atoms in total. The normalized spacial score (nSPS) is 10.1. The Morgan fingerprint density at radius 2 is 2.43 bits per heavy atom. The van der Waals surface area contributed by atoms with Gasteiger partial charge in [0.05, 0.1) is 6.20 Å². The van der Waals surface area contributed by atoms with Gasteiger partial charge in [0.1, 0.15) is 5.82 Å². The first-order valence-electron chi connectivity index (χ1n) is 4.60. The maximum absolute atomic E-state index is 11.4. The third-order valence-corrected chi connectivity index (χ3v) is 2.44. The molecule has 1 amide bonds. The molecule has 0 saturated carbocycles. The monoisotopic (exact) mass is 259 g/mol. The highest BCUT2D eigenvalue weighted by Crippen LogP contribution is 2.09. The quantitative estimate of drug-likeness (QED) is 0.630. The van der Waals surface area contributed by atoms with Gasteiger partial charge in [-0.25, -0.2) is 0 Å². The van der Waals surface area contributed by atoms with Crippen molar-refractivity contribution in [1.82, 2.24) is 10.2 Å². The van der Waals surface area contributed by atoms with Crippen molar-refractivity contribution in [2.75, 3.05) is 10.6 Å². The molecule has 1 rings (SSSR count). The summed E-state index contributed by atoms with van der Waals surface area (Å²) < 4.78 is 0. The number of unbranched alkanes of at least 4 members (excludes halogenated alkanes) is 1. The molecule has 78 valence electrons. The third kappa shape index (κ3) is 3.49. The maximum Gasteiger partial charge on any atom is 0.225 e. The van der Waals surface area contributed by atoms with Crippen LogP contribution in [-0.2, 0) is 4.79 Å². The van der Waals surface area contributed by atoms with Crippen molar-refractivity contribution in [3.8, 4) is 0 Å². The predicted octanol–water partition coefficient (Wildman–Crippen LogP) is 2.22. The molecule has 1 aromatic heterocycles. The van der Waals surface area contributed by atoms with Crippen LogP contribution in [0.2, 0.25) is 0 Å². The van der Waals surface area contributed by atoms with Gasteiger partial charge in [-0.1, -0.05) is 15.9 Å². The van der Waals surface area contributed by atoms with Crippen molar-refractivity contribution in [3.05, 3.63) is 11.8 Å². The second-order valence-corrected chi connectivity index (χ2v) is 3.92. The number of amides is 1. The van der Waals surface area contributed by atoms with E-state index in [0.717, 1.165) is 23.7 Å². The van der Waals surface area contributed by atoms with Crippen molar-refractivity contribution in [2.45, 2.75) is 26.2 Å². The number of alkyl halides is 1. The first-order chi connectivity index (χ1) is 6.74. The van der Waals surface area contributed by atoms with Crippen LogP contribution in [-0.4, -0.2) is 21.4 Å². The lowest BCUT2D eigenvalue weighted by Crippen LogP contribution is -2.12. The lowest BCUT2D eigenvalue weighted by Gasteiger charge is -2.02. The zero-order chi connectivity index (χ0) is 10.4. The van der Waals surface area contributed by atoms with Gasteiger partial charge in [-0.15, -0.1) is 0 Å². The van der Waals surface area contributed by atoms with E-state index < -0.39 is 0 Å². The minimum absolute atomic E-state index is 0.0401.